The van der Waals surface area contributed by atoms with Gasteiger partial charge in [0.1, 0.15) is 5.69 Å². The van der Waals surface area contributed by atoms with E-state index in [-0.39, 0.29) is 23.4 Å². The topological polar surface area (TPSA) is 83.1 Å². The fraction of sp³-hybridized carbons (Fsp3) is 0.450. The molecule has 3 N–H and O–H groups in total. The Balaban J connectivity index is 1.55. The van der Waals surface area contributed by atoms with Crippen LogP contribution >= 0.6 is 11.3 Å². The smallest absolute Gasteiger partial charge is 0.325 e. The van der Waals surface area contributed by atoms with E-state index in [1.165, 1.54) is 17.8 Å². The van der Waals surface area contributed by atoms with Crippen molar-refractivity contribution in [1.82, 2.24) is 10.3 Å². The van der Waals surface area contributed by atoms with Gasteiger partial charge in [-0.3, -0.25) is 10.1 Å². The summed E-state index contributed by atoms with van der Waals surface area (Å²) in [6, 6.07) is 8.94. The normalized spacial score (nSPS) is 21.3. The lowest BCUT2D eigenvalue weighted by Crippen LogP contribution is -2.43. The van der Waals surface area contributed by atoms with Crippen molar-refractivity contribution in [2.75, 3.05) is 10.6 Å². The van der Waals surface area contributed by atoms with Gasteiger partial charge >= 0.3 is 6.03 Å². The van der Waals surface area contributed by atoms with Crippen LogP contribution in [0.25, 0.3) is 0 Å². The summed E-state index contributed by atoms with van der Waals surface area (Å²) in [6.45, 7) is 6.73. The van der Waals surface area contributed by atoms with Crippen LogP contribution in [-0.4, -0.2) is 23.0 Å². The van der Waals surface area contributed by atoms with Gasteiger partial charge in [-0.05, 0) is 42.7 Å². The molecule has 0 saturated heterocycles. The highest BCUT2D eigenvalue weighted by Crippen LogP contribution is 2.38. The third-order valence-electron chi connectivity index (χ3n) is 4.71. The summed E-state index contributed by atoms with van der Waals surface area (Å²) < 4.78 is 0. The Morgan fingerprint density at radius 1 is 1.15 bits per heavy atom. The van der Waals surface area contributed by atoms with Crippen molar-refractivity contribution < 1.29 is 9.59 Å². The molecule has 7 heteroatoms. The summed E-state index contributed by atoms with van der Waals surface area (Å²) in [7, 11) is 0. The summed E-state index contributed by atoms with van der Waals surface area (Å²) in [6.07, 6.45) is 3.14. The Labute approximate surface area is 163 Å². The number of hydrogen-bond donors (Lipinski definition) is 3. The quantitative estimate of drug-likeness (QED) is 0.710. The molecule has 1 heterocycles. The van der Waals surface area contributed by atoms with Gasteiger partial charge in [0.2, 0.25) is 0 Å². The fourth-order valence-corrected chi connectivity index (χ4v) is 4.62. The van der Waals surface area contributed by atoms with E-state index in [1.807, 2.05) is 18.2 Å². The standard InChI is InChI=1S/C20H26N4O2S/c1-13-9-15(11-20(2,3)10-13)21-17(25)16-12-27-19(23-16)24-18(26)22-14-7-5-4-6-8-14/h4-8,12-13,15H,9-11H2,1-3H3,(H,21,25)(H2,22,23,24,26). The average molecular weight is 387 g/mol. The number of anilines is 2. The van der Waals surface area contributed by atoms with Crippen molar-refractivity contribution in [3.8, 4) is 0 Å². The van der Waals surface area contributed by atoms with E-state index in [0.29, 0.717) is 22.4 Å². The molecule has 3 rings (SSSR count). The first-order valence-electron chi connectivity index (χ1n) is 9.20. The molecular formula is C20H26N4O2S. The minimum absolute atomic E-state index is 0.163. The number of rotatable bonds is 4. The third-order valence-corrected chi connectivity index (χ3v) is 5.47. The monoisotopic (exact) mass is 386 g/mol. The van der Waals surface area contributed by atoms with E-state index in [1.54, 1.807) is 17.5 Å². The Morgan fingerprint density at radius 3 is 2.59 bits per heavy atom. The summed E-state index contributed by atoms with van der Waals surface area (Å²) in [5.74, 6) is 0.408. The predicted octanol–water partition coefficient (Wildman–Crippen LogP) is 4.73. The van der Waals surface area contributed by atoms with Crippen LogP contribution in [0.15, 0.2) is 35.7 Å². The maximum atomic E-state index is 12.5. The van der Waals surface area contributed by atoms with Crippen LogP contribution in [0, 0.1) is 11.3 Å². The first-order chi connectivity index (χ1) is 12.8. The second kappa shape index (κ2) is 8.08. The number of para-hydroxylation sites is 1. The Morgan fingerprint density at radius 2 is 1.89 bits per heavy atom. The molecule has 27 heavy (non-hydrogen) atoms. The lowest BCUT2D eigenvalue weighted by Gasteiger charge is -2.39. The number of hydrogen-bond acceptors (Lipinski definition) is 4. The summed E-state index contributed by atoms with van der Waals surface area (Å²) in [5.41, 5.74) is 1.27. The van der Waals surface area contributed by atoms with E-state index >= 15 is 0 Å². The van der Waals surface area contributed by atoms with Crippen LogP contribution < -0.4 is 16.0 Å². The number of nitrogens with zero attached hydrogens (tertiary/aromatic N) is 1. The molecule has 2 aromatic rings. The lowest BCUT2D eigenvalue weighted by molar-refractivity contribution is 0.0870. The number of aromatic nitrogens is 1. The van der Waals surface area contributed by atoms with Gasteiger partial charge in [-0.25, -0.2) is 9.78 Å². The van der Waals surface area contributed by atoms with Crippen molar-refractivity contribution in [2.45, 2.75) is 46.1 Å². The van der Waals surface area contributed by atoms with Crippen LogP contribution in [0.2, 0.25) is 0 Å². The number of carbonyl (C=O) groups excluding carboxylic acids is 2. The van der Waals surface area contributed by atoms with E-state index < -0.39 is 0 Å². The molecule has 144 valence electrons. The molecular weight excluding hydrogens is 360 g/mol. The van der Waals surface area contributed by atoms with Gasteiger partial charge in [0.15, 0.2) is 5.13 Å². The largest absolute Gasteiger partial charge is 0.348 e. The second-order valence-corrected chi connectivity index (χ2v) is 8.92. The number of carbonyl (C=O) groups is 2. The van der Waals surface area contributed by atoms with Crippen LogP contribution in [0.5, 0.6) is 0 Å². The predicted molar refractivity (Wildman–Crippen MR) is 109 cm³/mol. The molecule has 2 atom stereocenters. The van der Waals surface area contributed by atoms with Crippen LogP contribution in [0.1, 0.15) is 50.5 Å². The zero-order chi connectivity index (χ0) is 19.4. The molecule has 1 aliphatic carbocycles. The molecule has 1 aromatic carbocycles. The van der Waals surface area contributed by atoms with Gasteiger partial charge in [0.05, 0.1) is 0 Å². The molecule has 1 aromatic heterocycles. The lowest BCUT2D eigenvalue weighted by atomic mass is 9.70. The van der Waals surface area contributed by atoms with Gasteiger partial charge < -0.3 is 10.6 Å². The van der Waals surface area contributed by atoms with Crippen molar-refractivity contribution >= 4 is 34.1 Å². The van der Waals surface area contributed by atoms with E-state index in [2.05, 4.69) is 41.7 Å². The van der Waals surface area contributed by atoms with Crippen molar-refractivity contribution in [1.29, 1.82) is 0 Å². The van der Waals surface area contributed by atoms with Gasteiger partial charge in [-0.15, -0.1) is 11.3 Å². The summed E-state index contributed by atoms with van der Waals surface area (Å²) >= 11 is 1.24. The Hall–Kier alpha value is -2.41. The zero-order valence-corrected chi connectivity index (χ0v) is 16.7. The van der Waals surface area contributed by atoms with E-state index in [4.69, 9.17) is 0 Å². The van der Waals surface area contributed by atoms with Gasteiger partial charge in [0.25, 0.3) is 5.91 Å². The van der Waals surface area contributed by atoms with Crippen molar-refractivity contribution in [3.63, 3.8) is 0 Å². The zero-order valence-electron chi connectivity index (χ0n) is 15.9. The highest BCUT2D eigenvalue weighted by molar-refractivity contribution is 7.14. The number of thiazole rings is 1. The van der Waals surface area contributed by atoms with E-state index in [9.17, 15) is 9.59 Å². The molecule has 3 amide bonds. The molecule has 2 unspecified atom stereocenters. The van der Waals surface area contributed by atoms with Crippen molar-refractivity contribution in [2.24, 2.45) is 11.3 Å². The Bertz CT molecular complexity index is 803. The minimum Gasteiger partial charge on any atom is -0.348 e. The van der Waals surface area contributed by atoms with Gasteiger partial charge in [-0.1, -0.05) is 39.0 Å². The van der Waals surface area contributed by atoms with E-state index in [0.717, 1.165) is 12.8 Å². The number of nitrogens with one attached hydrogen (secondary N) is 3. The molecule has 0 spiro atoms. The first kappa shape index (κ1) is 19.4. The summed E-state index contributed by atoms with van der Waals surface area (Å²) in [4.78, 5) is 28.8. The van der Waals surface area contributed by atoms with Crippen LogP contribution in [0.3, 0.4) is 0 Å². The number of benzene rings is 1. The van der Waals surface area contributed by atoms with Crippen LogP contribution in [-0.2, 0) is 0 Å². The maximum absolute atomic E-state index is 12.5. The average Bonchev–Trinajstić information content (AvgIpc) is 3.02. The second-order valence-electron chi connectivity index (χ2n) is 8.07. The van der Waals surface area contributed by atoms with Gasteiger partial charge in [-0.2, -0.15) is 0 Å². The number of urea groups is 1. The Kier molecular flexibility index (Phi) is 5.79. The molecule has 6 nitrogen and oxygen atoms in total. The van der Waals surface area contributed by atoms with Gasteiger partial charge in [0, 0.05) is 17.1 Å². The molecule has 1 fully saturated rings. The van der Waals surface area contributed by atoms with Crippen LogP contribution in [0.4, 0.5) is 15.6 Å². The minimum atomic E-state index is -0.384. The maximum Gasteiger partial charge on any atom is 0.325 e. The molecule has 0 radical (unpaired) electrons. The first-order valence-corrected chi connectivity index (χ1v) is 10.1. The van der Waals surface area contributed by atoms with Crippen molar-refractivity contribution in [3.05, 3.63) is 41.4 Å². The highest BCUT2D eigenvalue weighted by Gasteiger charge is 2.33. The molecule has 0 aliphatic heterocycles. The molecule has 0 bridgehead atoms. The molecule has 1 aliphatic rings. The number of amides is 3. The molecule has 1 saturated carbocycles. The summed E-state index contributed by atoms with van der Waals surface area (Å²) in [5, 5.41) is 10.6. The third kappa shape index (κ3) is 5.53. The SMILES string of the molecule is CC1CC(NC(=O)c2csc(NC(=O)Nc3ccccc3)n2)CC(C)(C)C1. The fourth-order valence-electron chi connectivity index (χ4n) is 3.93. The highest BCUT2D eigenvalue weighted by atomic mass is 32.1.